The number of amides is 1. The van der Waals surface area contributed by atoms with Crippen molar-refractivity contribution in [3.63, 3.8) is 0 Å². The monoisotopic (exact) mass is 360 g/mol. The van der Waals surface area contributed by atoms with Crippen LogP contribution >= 0.6 is 0 Å². The van der Waals surface area contributed by atoms with Crippen LogP contribution in [0, 0.1) is 6.92 Å². The van der Waals surface area contributed by atoms with Gasteiger partial charge in [-0.3, -0.25) is 14.8 Å². The minimum Gasteiger partial charge on any atom is -0.305 e. The summed E-state index contributed by atoms with van der Waals surface area (Å²) in [4.78, 5) is 15.0. The molecular formula is C22H24N4O. The van der Waals surface area contributed by atoms with E-state index in [0.29, 0.717) is 11.4 Å². The molecule has 1 amide bonds. The molecule has 1 saturated heterocycles. The number of carbonyl (C=O) groups excluding carboxylic acids is 1. The zero-order valence-electron chi connectivity index (χ0n) is 15.5. The Bertz CT molecular complexity index is 909. The molecule has 0 saturated carbocycles. The minimum atomic E-state index is -0.142. The number of aromatic amines is 1. The van der Waals surface area contributed by atoms with Gasteiger partial charge < -0.3 is 5.32 Å². The summed E-state index contributed by atoms with van der Waals surface area (Å²) in [7, 11) is 0. The Labute approximate surface area is 159 Å². The number of nitrogens with zero attached hydrogens (tertiary/aromatic N) is 2. The lowest BCUT2D eigenvalue weighted by Crippen LogP contribution is -2.18. The maximum absolute atomic E-state index is 12.6. The molecule has 0 unspecified atom stereocenters. The summed E-state index contributed by atoms with van der Waals surface area (Å²) in [5, 5.41) is 10.2. The fourth-order valence-electron chi connectivity index (χ4n) is 3.55. The van der Waals surface area contributed by atoms with E-state index in [1.165, 1.54) is 31.5 Å². The highest BCUT2D eigenvalue weighted by molar-refractivity contribution is 6.04. The molecule has 4 rings (SSSR count). The molecule has 138 valence electrons. The zero-order chi connectivity index (χ0) is 18.6. The van der Waals surface area contributed by atoms with Crippen LogP contribution in [-0.4, -0.2) is 34.1 Å². The smallest absolute Gasteiger partial charge is 0.256 e. The molecular weight excluding hydrogens is 336 g/mol. The molecule has 2 aromatic carbocycles. The summed E-state index contributed by atoms with van der Waals surface area (Å²) < 4.78 is 0. The molecule has 0 aliphatic carbocycles. The van der Waals surface area contributed by atoms with Crippen LogP contribution in [0.15, 0.2) is 54.6 Å². The van der Waals surface area contributed by atoms with Crippen molar-refractivity contribution in [1.29, 1.82) is 0 Å². The number of H-pyrrole nitrogens is 1. The van der Waals surface area contributed by atoms with Gasteiger partial charge in [-0.2, -0.15) is 5.10 Å². The van der Waals surface area contributed by atoms with E-state index in [2.05, 4.69) is 20.4 Å². The van der Waals surface area contributed by atoms with Gasteiger partial charge in [0.25, 0.3) is 5.91 Å². The van der Waals surface area contributed by atoms with Gasteiger partial charge in [0.15, 0.2) is 5.82 Å². The Balaban J connectivity index is 1.44. The second-order valence-electron chi connectivity index (χ2n) is 7.07. The summed E-state index contributed by atoms with van der Waals surface area (Å²) >= 11 is 0. The predicted molar refractivity (Wildman–Crippen MR) is 108 cm³/mol. The Hall–Kier alpha value is -2.92. The Kier molecular flexibility index (Phi) is 5.03. The van der Waals surface area contributed by atoms with E-state index in [9.17, 15) is 4.79 Å². The van der Waals surface area contributed by atoms with E-state index in [1.54, 1.807) is 0 Å². The van der Waals surface area contributed by atoms with E-state index < -0.39 is 0 Å². The maximum Gasteiger partial charge on any atom is 0.256 e. The van der Waals surface area contributed by atoms with E-state index in [4.69, 9.17) is 0 Å². The molecule has 1 aromatic heterocycles. The number of nitrogens with one attached hydrogen (secondary N) is 2. The lowest BCUT2D eigenvalue weighted by molar-refractivity contribution is 0.102. The van der Waals surface area contributed by atoms with Crippen LogP contribution in [-0.2, 0) is 6.54 Å². The average molecular weight is 360 g/mol. The molecule has 0 spiro atoms. The Morgan fingerprint density at radius 2 is 1.78 bits per heavy atom. The summed E-state index contributed by atoms with van der Waals surface area (Å²) in [5.41, 5.74) is 4.79. The summed E-state index contributed by atoms with van der Waals surface area (Å²) in [5.74, 6) is 0.428. The third-order valence-electron chi connectivity index (χ3n) is 5.13. The second kappa shape index (κ2) is 7.76. The van der Waals surface area contributed by atoms with E-state index in [-0.39, 0.29) is 5.91 Å². The van der Waals surface area contributed by atoms with Crippen LogP contribution in [0.1, 0.15) is 34.3 Å². The molecule has 2 N–H and O–H groups in total. The maximum atomic E-state index is 12.6. The van der Waals surface area contributed by atoms with E-state index >= 15 is 0 Å². The van der Waals surface area contributed by atoms with Crippen molar-refractivity contribution in [3.8, 4) is 11.3 Å². The lowest BCUT2D eigenvalue weighted by Gasteiger charge is -2.14. The van der Waals surface area contributed by atoms with E-state index in [1.807, 2.05) is 61.5 Å². The van der Waals surface area contributed by atoms with Crippen molar-refractivity contribution in [3.05, 3.63) is 71.3 Å². The number of benzene rings is 2. The largest absolute Gasteiger partial charge is 0.305 e. The van der Waals surface area contributed by atoms with Gasteiger partial charge in [0, 0.05) is 17.7 Å². The summed E-state index contributed by atoms with van der Waals surface area (Å²) in [6.45, 7) is 5.26. The highest BCUT2D eigenvalue weighted by Crippen LogP contribution is 2.25. The van der Waals surface area contributed by atoms with Crippen LogP contribution in [0.5, 0.6) is 0 Å². The molecule has 0 radical (unpaired) electrons. The van der Waals surface area contributed by atoms with Crippen molar-refractivity contribution >= 4 is 11.7 Å². The molecule has 5 nitrogen and oxygen atoms in total. The third-order valence-corrected chi connectivity index (χ3v) is 5.13. The van der Waals surface area contributed by atoms with Gasteiger partial charge in [-0.15, -0.1) is 0 Å². The molecule has 0 atom stereocenters. The fourth-order valence-corrected chi connectivity index (χ4v) is 3.55. The number of carbonyl (C=O) groups is 1. The van der Waals surface area contributed by atoms with Crippen LogP contribution < -0.4 is 5.32 Å². The molecule has 1 fully saturated rings. The SMILES string of the molecule is Cc1c(NC(=O)c2ccc(CN3CCCC3)cc2)n[nH]c1-c1ccccc1. The molecule has 0 bridgehead atoms. The van der Waals surface area contributed by atoms with Crippen LogP contribution in [0.2, 0.25) is 0 Å². The third kappa shape index (κ3) is 3.93. The van der Waals surface area contributed by atoms with Crippen LogP contribution in [0.25, 0.3) is 11.3 Å². The number of hydrogen-bond donors (Lipinski definition) is 2. The number of hydrogen-bond acceptors (Lipinski definition) is 3. The van der Waals surface area contributed by atoms with Gasteiger partial charge in [0.05, 0.1) is 5.69 Å². The van der Waals surface area contributed by atoms with Gasteiger partial charge in [-0.1, -0.05) is 42.5 Å². The molecule has 27 heavy (non-hydrogen) atoms. The number of rotatable bonds is 5. The number of aromatic nitrogens is 2. The van der Waals surface area contributed by atoms with Crippen LogP contribution in [0.3, 0.4) is 0 Å². The van der Waals surface area contributed by atoms with Crippen molar-refractivity contribution in [1.82, 2.24) is 15.1 Å². The Morgan fingerprint density at radius 3 is 2.48 bits per heavy atom. The van der Waals surface area contributed by atoms with Crippen molar-refractivity contribution in [2.45, 2.75) is 26.3 Å². The first-order chi connectivity index (χ1) is 13.2. The van der Waals surface area contributed by atoms with Gasteiger partial charge in [0.2, 0.25) is 0 Å². The standard InChI is InChI=1S/C22H24N4O/c1-16-20(18-7-3-2-4-8-18)24-25-21(16)23-22(27)19-11-9-17(10-12-19)15-26-13-5-6-14-26/h2-4,7-12H,5-6,13-15H2,1H3,(H2,23,24,25,27). The molecule has 5 heteroatoms. The second-order valence-corrected chi connectivity index (χ2v) is 7.07. The highest BCUT2D eigenvalue weighted by Gasteiger charge is 2.15. The minimum absolute atomic E-state index is 0.142. The van der Waals surface area contributed by atoms with E-state index in [0.717, 1.165) is 23.4 Å². The Morgan fingerprint density at radius 1 is 1.07 bits per heavy atom. The predicted octanol–water partition coefficient (Wildman–Crippen LogP) is 4.23. The summed E-state index contributed by atoms with van der Waals surface area (Å²) in [6, 6.07) is 17.8. The average Bonchev–Trinajstić information content (AvgIpc) is 3.33. The van der Waals surface area contributed by atoms with Crippen molar-refractivity contribution in [2.75, 3.05) is 18.4 Å². The van der Waals surface area contributed by atoms with Gasteiger partial charge in [-0.25, -0.2) is 0 Å². The van der Waals surface area contributed by atoms with Crippen molar-refractivity contribution in [2.24, 2.45) is 0 Å². The molecule has 1 aliphatic rings. The van der Waals surface area contributed by atoms with Gasteiger partial charge in [-0.05, 0) is 56.1 Å². The first-order valence-corrected chi connectivity index (χ1v) is 9.44. The molecule has 1 aliphatic heterocycles. The lowest BCUT2D eigenvalue weighted by atomic mass is 10.1. The zero-order valence-corrected chi connectivity index (χ0v) is 15.5. The highest BCUT2D eigenvalue weighted by atomic mass is 16.1. The van der Waals surface area contributed by atoms with Gasteiger partial charge >= 0.3 is 0 Å². The van der Waals surface area contributed by atoms with Crippen molar-refractivity contribution < 1.29 is 4.79 Å². The fraction of sp³-hybridized carbons (Fsp3) is 0.273. The topological polar surface area (TPSA) is 61.0 Å². The van der Waals surface area contributed by atoms with Gasteiger partial charge in [0.1, 0.15) is 0 Å². The quantitative estimate of drug-likeness (QED) is 0.716. The first-order valence-electron chi connectivity index (χ1n) is 9.44. The normalized spacial score (nSPS) is 14.4. The number of likely N-dealkylation sites (tertiary alicyclic amines) is 1. The van der Waals surface area contributed by atoms with Crippen LogP contribution in [0.4, 0.5) is 5.82 Å². The number of anilines is 1. The first kappa shape index (κ1) is 17.5. The molecule has 2 heterocycles. The summed E-state index contributed by atoms with van der Waals surface area (Å²) in [6.07, 6.45) is 2.57. The molecule has 3 aromatic rings.